The lowest BCUT2D eigenvalue weighted by Gasteiger charge is -2.10. The molecular weight excluding hydrogens is 454 g/mol. The third-order valence-electron chi connectivity index (χ3n) is 3.78. The summed E-state index contributed by atoms with van der Waals surface area (Å²) in [6, 6.07) is 12.5. The van der Waals surface area contributed by atoms with Gasteiger partial charge in [-0.2, -0.15) is 0 Å². The molecule has 0 aliphatic heterocycles. The van der Waals surface area contributed by atoms with Crippen molar-refractivity contribution < 1.29 is 14.3 Å². The van der Waals surface area contributed by atoms with Gasteiger partial charge >= 0.3 is 0 Å². The van der Waals surface area contributed by atoms with Crippen molar-refractivity contribution in [3.8, 4) is 5.75 Å². The summed E-state index contributed by atoms with van der Waals surface area (Å²) in [4.78, 5) is 23.8. The molecule has 0 unspecified atom stereocenters. The number of carbonyl (C=O) groups is 2. The number of hydrogen-bond donors (Lipinski definition) is 3. The second-order valence-corrected chi connectivity index (χ2v) is 7.71. The van der Waals surface area contributed by atoms with E-state index in [-0.39, 0.29) is 22.8 Å². The molecule has 0 aliphatic carbocycles. The number of hydrogen-bond acceptors (Lipinski definition) is 4. The Morgan fingerprint density at radius 3 is 2.28 bits per heavy atom. The molecule has 2 aromatic rings. The molecule has 0 radical (unpaired) electrons. The summed E-state index contributed by atoms with van der Waals surface area (Å²) in [5.41, 5.74) is 2.14. The van der Waals surface area contributed by atoms with Crippen molar-refractivity contribution in [3.05, 3.63) is 58.6 Å². The fourth-order valence-corrected chi connectivity index (χ4v) is 2.84. The van der Waals surface area contributed by atoms with E-state index >= 15 is 0 Å². The fraction of sp³-hybridized carbons (Fsp3) is 0.190. The van der Waals surface area contributed by atoms with E-state index in [9.17, 15) is 9.59 Å². The number of thiocarbonyl (C=S) groups is 1. The largest absolute Gasteiger partial charge is 0.496 e. The van der Waals surface area contributed by atoms with E-state index in [1.807, 2.05) is 26.0 Å². The van der Waals surface area contributed by atoms with Crippen LogP contribution in [-0.4, -0.2) is 24.0 Å². The maximum Gasteiger partial charge on any atom is 0.250 e. The van der Waals surface area contributed by atoms with Crippen molar-refractivity contribution in [1.29, 1.82) is 0 Å². The monoisotopic (exact) mass is 475 g/mol. The minimum atomic E-state index is -0.370. The molecule has 2 aromatic carbocycles. The van der Waals surface area contributed by atoms with Crippen LogP contribution < -0.4 is 20.7 Å². The number of amides is 2. The number of halogens is 1. The number of rotatable bonds is 6. The van der Waals surface area contributed by atoms with E-state index < -0.39 is 0 Å². The first-order valence-electron chi connectivity index (χ1n) is 8.83. The van der Waals surface area contributed by atoms with Gasteiger partial charge in [-0.05, 0) is 60.8 Å². The Labute approximate surface area is 183 Å². The molecule has 8 heteroatoms. The van der Waals surface area contributed by atoms with Gasteiger partial charge in [0.05, 0.1) is 7.11 Å². The van der Waals surface area contributed by atoms with Crippen LogP contribution in [0, 0.1) is 5.92 Å². The molecule has 0 spiro atoms. The Kier molecular flexibility index (Phi) is 8.35. The molecule has 29 heavy (non-hydrogen) atoms. The quantitative estimate of drug-likeness (QED) is 0.420. The normalized spacial score (nSPS) is 10.7. The molecule has 152 valence electrons. The zero-order valence-electron chi connectivity index (χ0n) is 16.3. The van der Waals surface area contributed by atoms with Crippen molar-refractivity contribution in [1.82, 2.24) is 5.32 Å². The standard InChI is InChI=1S/C21H22BrN3O3S/c1-13(2)20(27)23-16-6-8-17(9-7-16)24-21(29)25-19(26)11-4-14-12-15(22)5-10-18(14)28-3/h4-13H,1-3H3,(H,23,27)(H2,24,25,26,29). The zero-order valence-corrected chi connectivity index (χ0v) is 18.7. The van der Waals surface area contributed by atoms with Crippen LogP contribution in [0.4, 0.5) is 11.4 Å². The van der Waals surface area contributed by atoms with Gasteiger partial charge in [-0.1, -0.05) is 29.8 Å². The summed E-state index contributed by atoms with van der Waals surface area (Å²) in [6.45, 7) is 3.65. The third-order valence-corrected chi connectivity index (χ3v) is 4.47. The lowest BCUT2D eigenvalue weighted by atomic mass is 10.2. The van der Waals surface area contributed by atoms with Crippen LogP contribution in [-0.2, 0) is 9.59 Å². The van der Waals surface area contributed by atoms with E-state index in [0.29, 0.717) is 17.1 Å². The number of methoxy groups -OCH3 is 1. The van der Waals surface area contributed by atoms with Crippen LogP contribution in [0.25, 0.3) is 6.08 Å². The molecule has 6 nitrogen and oxygen atoms in total. The predicted octanol–water partition coefficient (Wildman–Crippen LogP) is 4.58. The highest BCUT2D eigenvalue weighted by atomic mass is 79.9. The van der Waals surface area contributed by atoms with E-state index in [2.05, 4.69) is 31.9 Å². The first-order chi connectivity index (χ1) is 13.8. The van der Waals surface area contributed by atoms with Crippen molar-refractivity contribution in [2.24, 2.45) is 5.92 Å². The van der Waals surface area contributed by atoms with Crippen molar-refractivity contribution in [3.63, 3.8) is 0 Å². The summed E-state index contributed by atoms with van der Waals surface area (Å²) < 4.78 is 6.15. The Morgan fingerprint density at radius 1 is 1.07 bits per heavy atom. The highest BCUT2D eigenvalue weighted by Crippen LogP contribution is 2.24. The van der Waals surface area contributed by atoms with Gasteiger partial charge < -0.3 is 15.4 Å². The minimum absolute atomic E-state index is 0.0534. The third kappa shape index (κ3) is 7.32. The maximum absolute atomic E-state index is 12.1. The SMILES string of the molecule is COc1ccc(Br)cc1C=CC(=O)NC(=S)Nc1ccc(NC(=O)C(C)C)cc1. The van der Waals surface area contributed by atoms with Crippen LogP contribution in [0.15, 0.2) is 53.0 Å². The number of nitrogens with one attached hydrogen (secondary N) is 3. The first-order valence-corrected chi connectivity index (χ1v) is 10.0. The van der Waals surface area contributed by atoms with Gasteiger partial charge in [0.15, 0.2) is 5.11 Å². The first kappa shape index (κ1) is 22.6. The van der Waals surface area contributed by atoms with E-state index in [1.54, 1.807) is 43.5 Å². The molecule has 0 aromatic heterocycles. The predicted molar refractivity (Wildman–Crippen MR) is 124 cm³/mol. The van der Waals surface area contributed by atoms with Crippen molar-refractivity contribution in [2.45, 2.75) is 13.8 Å². The summed E-state index contributed by atoms with van der Waals surface area (Å²) in [5, 5.41) is 8.49. The van der Waals surface area contributed by atoms with Crippen LogP contribution in [0.3, 0.4) is 0 Å². The lowest BCUT2D eigenvalue weighted by molar-refractivity contribution is -0.119. The van der Waals surface area contributed by atoms with Crippen molar-refractivity contribution >= 4 is 62.5 Å². The highest BCUT2D eigenvalue weighted by molar-refractivity contribution is 9.10. The molecular formula is C21H22BrN3O3S. The van der Waals surface area contributed by atoms with Gasteiger partial charge in [0.25, 0.3) is 0 Å². The highest BCUT2D eigenvalue weighted by Gasteiger charge is 2.07. The Hall–Kier alpha value is -2.71. The molecule has 0 saturated heterocycles. The van der Waals surface area contributed by atoms with Gasteiger partial charge in [-0.15, -0.1) is 0 Å². The second-order valence-electron chi connectivity index (χ2n) is 6.38. The van der Waals surface area contributed by atoms with Crippen LogP contribution in [0.1, 0.15) is 19.4 Å². The maximum atomic E-state index is 12.1. The van der Waals surface area contributed by atoms with Crippen LogP contribution in [0.2, 0.25) is 0 Å². The van der Waals surface area contributed by atoms with E-state index in [0.717, 1.165) is 10.0 Å². The van der Waals surface area contributed by atoms with Gasteiger partial charge in [0.1, 0.15) is 5.75 Å². The summed E-state index contributed by atoms with van der Waals surface area (Å²) in [6.07, 6.45) is 3.02. The molecule has 0 atom stereocenters. The molecule has 0 fully saturated rings. The van der Waals surface area contributed by atoms with Crippen LogP contribution >= 0.6 is 28.1 Å². The average Bonchev–Trinajstić information content (AvgIpc) is 2.67. The van der Waals surface area contributed by atoms with E-state index in [1.165, 1.54) is 6.08 Å². The Bertz CT molecular complexity index is 927. The molecule has 0 bridgehead atoms. The number of anilines is 2. The van der Waals surface area contributed by atoms with Crippen LogP contribution in [0.5, 0.6) is 5.75 Å². The van der Waals surface area contributed by atoms with Gasteiger partial charge in [0.2, 0.25) is 11.8 Å². The number of benzene rings is 2. The Morgan fingerprint density at radius 2 is 1.69 bits per heavy atom. The smallest absolute Gasteiger partial charge is 0.250 e. The summed E-state index contributed by atoms with van der Waals surface area (Å²) in [5.74, 6) is 0.135. The summed E-state index contributed by atoms with van der Waals surface area (Å²) in [7, 11) is 1.57. The number of ether oxygens (including phenoxy) is 1. The van der Waals surface area contributed by atoms with Gasteiger partial charge in [0, 0.05) is 33.4 Å². The molecule has 3 N–H and O–H groups in total. The fourth-order valence-electron chi connectivity index (χ4n) is 2.24. The molecule has 0 heterocycles. The van der Waals surface area contributed by atoms with Gasteiger partial charge in [-0.25, -0.2) is 0 Å². The summed E-state index contributed by atoms with van der Waals surface area (Å²) >= 11 is 8.56. The second kappa shape index (κ2) is 10.7. The van der Waals surface area contributed by atoms with E-state index in [4.69, 9.17) is 17.0 Å². The van der Waals surface area contributed by atoms with Crippen molar-refractivity contribution in [2.75, 3.05) is 17.7 Å². The minimum Gasteiger partial charge on any atom is -0.496 e. The molecule has 0 saturated carbocycles. The molecule has 2 amide bonds. The average molecular weight is 476 g/mol. The van der Waals surface area contributed by atoms with Gasteiger partial charge in [-0.3, -0.25) is 14.9 Å². The zero-order chi connectivity index (χ0) is 21.4. The Balaban J connectivity index is 1.91. The lowest BCUT2D eigenvalue weighted by Crippen LogP contribution is -2.32. The molecule has 2 rings (SSSR count). The number of carbonyl (C=O) groups excluding carboxylic acids is 2. The topological polar surface area (TPSA) is 79.5 Å². The molecule has 0 aliphatic rings.